The molecule has 0 radical (unpaired) electrons. The molecule has 23 heavy (non-hydrogen) atoms. The molecule has 4 nitrogen and oxygen atoms in total. The highest BCUT2D eigenvalue weighted by atomic mass is 16.3. The van der Waals surface area contributed by atoms with E-state index in [-0.39, 0.29) is 0 Å². The van der Waals surface area contributed by atoms with Crippen molar-refractivity contribution < 1.29 is 5.11 Å². The van der Waals surface area contributed by atoms with Gasteiger partial charge in [-0.3, -0.25) is 0 Å². The Morgan fingerprint density at radius 2 is 1.26 bits per heavy atom. The van der Waals surface area contributed by atoms with Gasteiger partial charge in [0, 0.05) is 10.6 Å². The second-order valence-electron chi connectivity index (χ2n) is 5.17. The number of benzene rings is 3. The second kappa shape index (κ2) is 6.79. The van der Waals surface area contributed by atoms with Crippen molar-refractivity contribution in [2.45, 2.75) is 6.10 Å². The summed E-state index contributed by atoms with van der Waals surface area (Å²) in [7, 11) is 0. The number of nitrogens with zero attached hydrogens (tertiary/aromatic N) is 3. The number of hydrogen-bond donors (Lipinski definition) is 1. The fourth-order valence-corrected chi connectivity index (χ4v) is 2.46. The minimum atomic E-state index is -0.627. The average Bonchev–Trinajstić information content (AvgIpc) is 2.63. The molecule has 112 valence electrons. The van der Waals surface area contributed by atoms with Crippen molar-refractivity contribution in [2.24, 2.45) is 5.11 Å². The van der Waals surface area contributed by atoms with E-state index in [0.29, 0.717) is 5.69 Å². The zero-order valence-corrected chi connectivity index (χ0v) is 12.4. The first-order valence-electron chi connectivity index (χ1n) is 7.26. The maximum atomic E-state index is 10.4. The van der Waals surface area contributed by atoms with Crippen LogP contribution in [0.5, 0.6) is 0 Å². The van der Waals surface area contributed by atoms with Crippen LogP contribution in [0, 0.1) is 0 Å². The summed E-state index contributed by atoms with van der Waals surface area (Å²) in [5.74, 6) is 0. The van der Waals surface area contributed by atoms with Crippen LogP contribution in [0.4, 0.5) is 5.69 Å². The molecule has 0 aliphatic carbocycles. The highest BCUT2D eigenvalue weighted by molar-refractivity contribution is 5.65. The number of aliphatic hydroxyl groups is 1. The van der Waals surface area contributed by atoms with Crippen molar-refractivity contribution in [3.8, 4) is 11.1 Å². The standard InChI is InChI=1S/C19H15N3O/c20-22-21-18-12-10-15(11-13-18)14-6-8-17(9-7-14)19(23)16-4-2-1-3-5-16/h1-13,19,23H. The maximum absolute atomic E-state index is 10.4. The first-order chi connectivity index (χ1) is 11.3. The summed E-state index contributed by atoms with van der Waals surface area (Å²) in [6.07, 6.45) is -0.627. The lowest BCUT2D eigenvalue weighted by molar-refractivity contribution is 0.220. The lowest BCUT2D eigenvalue weighted by Crippen LogP contribution is -1.98. The molecule has 3 aromatic rings. The van der Waals surface area contributed by atoms with Crippen molar-refractivity contribution in [3.05, 3.63) is 100 Å². The van der Waals surface area contributed by atoms with Gasteiger partial charge >= 0.3 is 0 Å². The van der Waals surface area contributed by atoms with Crippen molar-refractivity contribution >= 4 is 5.69 Å². The van der Waals surface area contributed by atoms with Crippen molar-refractivity contribution in [2.75, 3.05) is 0 Å². The van der Waals surface area contributed by atoms with Gasteiger partial charge in [-0.1, -0.05) is 84.0 Å². The summed E-state index contributed by atoms with van der Waals surface area (Å²) in [5.41, 5.74) is 12.8. The van der Waals surface area contributed by atoms with Gasteiger partial charge in [0.2, 0.25) is 0 Å². The van der Waals surface area contributed by atoms with Gasteiger partial charge in [0.25, 0.3) is 0 Å². The molecule has 0 spiro atoms. The monoisotopic (exact) mass is 301 g/mol. The zero-order chi connectivity index (χ0) is 16.1. The quantitative estimate of drug-likeness (QED) is 0.392. The summed E-state index contributed by atoms with van der Waals surface area (Å²) in [6.45, 7) is 0. The third kappa shape index (κ3) is 3.40. The van der Waals surface area contributed by atoms with Crippen molar-refractivity contribution in [1.82, 2.24) is 0 Å². The summed E-state index contributed by atoms with van der Waals surface area (Å²) in [6, 6.07) is 24.8. The van der Waals surface area contributed by atoms with E-state index < -0.39 is 6.10 Å². The van der Waals surface area contributed by atoms with Gasteiger partial charge in [-0.25, -0.2) is 0 Å². The first-order valence-corrected chi connectivity index (χ1v) is 7.26. The second-order valence-corrected chi connectivity index (χ2v) is 5.17. The lowest BCUT2D eigenvalue weighted by Gasteiger charge is -2.12. The third-order valence-corrected chi connectivity index (χ3v) is 3.70. The molecule has 0 bridgehead atoms. The van der Waals surface area contributed by atoms with Crippen molar-refractivity contribution in [3.63, 3.8) is 0 Å². The number of aliphatic hydroxyl groups excluding tert-OH is 1. The number of rotatable bonds is 4. The Kier molecular flexibility index (Phi) is 4.39. The van der Waals surface area contributed by atoms with Gasteiger partial charge in [-0.15, -0.1) is 0 Å². The Bertz CT molecular complexity index is 821. The maximum Gasteiger partial charge on any atom is 0.104 e. The molecule has 3 rings (SSSR count). The predicted octanol–water partition coefficient (Wildman–Crippen LogP) is 5.38. The molecule has 3 aromatic carbocycles. The highest BCUT2D eigenvalue weighted by Gasteiger charge is 2.09. The SMILES string of the molecule is [N-]=[N+]=Nc1ccc(-c2ccc(C(O)c3ccccc3)cc2)cc1. The molecule has 0 saturated heterocycles. The molecule has 1 N–H and O–H groups in total. The highest BCUT2D eigenvalue weighted by Crippen LogP contribution is 2.26. The molecule has 0 aliphatic rings. The van der Waals surface area contributed by atoms with Gasteiger partial charge in [0.1, 0.15) is 6.10 Å². The smallest absolute Gasteiger partial charge is 0.104 e. The van der Waals surface area contributed by atoms with E-state index in [4.69, 9.17) is 5.53 Å². The van der Waals surface area contributed by atoms with E-state index in [1.807, 2.05) is 66.7 Å². The Labute approximate surface area is 134 Å². The topological polar surface area (TPSA) is 69.0 Å². The molecular weight excluding hydrogens is 286 g/mol. The van der Waals surface area contributed by atoms with Crippen molar-refractivity contribution in [1.29, 1.82) is 0 Å². The average molecular weight is 301 g/mol. The summed E-state index contributed by atoms with van der Waals surface area (Å²) >= 11 is 0. The van der Waals surface area contributed by atoms with E-state index in [1.165, 1.54) is 0 Å². The molecule has 0 aliphatic heterocycles. The van der Waals surface area contributed by atoms with Crippen LogP contribution in [-0.4, -0.2) is 5.11 Å². The molecular formula is C19H15N3O. The van der Waals surface area contributed by atoms with E-state index >= 15 is 0 Å². The van der Waals surface area contributed by atoms with Crippen LogP contribution in [-0.2, 0) is 0 Å². The molecule has 0 aromatic heterocycles. The van der Waals surface area contributed by atoms with Gasteiger partial charge in [0.15, 0.2) is 0 Å². The summed E-state index contributed by atoms with van der Waals surface area (Å²) in [4.78, 5) is 2.77. The fourth-order valence-electron chi connectivity index (χ4n) is 2.46. The normalized spacial score (nSPS) is 11.5. The lowest BCUT2D eigenvalue weighted by atomic mass is 9.98. The van der Waals surface area contributed by atoms with E-state index in [2.05, 4.69) is 10.0 Å². The van der Waals surface area contributed by atoms with Crippen LogP contribution in [0.15, 0.2) is 84.0 Å². The summed E-state index contributed by atoms with van der Waals surface area (Å²) in [5, 5.41) is 14.0. The Morgan fingerprint density at radius 1 is 0.739 bits per heavy atom. The molecule has 0 amide bonds. The zero-order valence-electron chi connectivity index (χ0n) is 12.4. The summed E-state index contributed by atoms with van der Waals surface area (Å²) < 4.78 is 0. The Morgan fingerprint density at radius 3 is 1.83 bits per heavy atom. The van der Waals surface area contributed by atoms with Crippen LogP contribution in [0.2, 0.25) is 0 Å². The van der Waals surface area contributed by atoms with E-state index in [0.717, 1.165) is 22.3 Å². The molecule has 0 saturated carbocycles. The van der Waals surface area contributed by atoms with E-state index in [9.17, 15) is 5.11 Å². The van der Waals surface area contributed by atoms with Crippen LogP contribution >= 0.6 is 0 Å². The van der Waals surface area contributed by atoms with E-state index in [1.54, 1.807) is 12.1 Å². The largest absolute Gasteiger partial charge is 0.384 e. The number of hydrogen-bond acceptors (Lipinski definition) is 2. The van der Waals surface area contributed by atoms with Gasteiger partial charge in [0.05, 0.1) is 0 Å². The van der Waals surface area contributed by atoms with Gasteiger partial charge in [-0.05, 0) is 27.8 Å². The fraction of sp³-hybridized carbons (Fsp3) is 0.0526. The predicted molar refractivity (Wildman–Crippen MR) is 91.2 cm³/mol. The van der Waals surface area contributed by atoms with Crippen LogP contribution in [0.1, 0.15) is 17.2 Å². The minimum absolute atomic E-state index is 0.590. The van der Waals surface area contributed by atoms with Crippen LogP contribution in [0.3, 0.4) is 0 Å². The van der Waals surface area contributed by atoms with Gasteiger partial charge < -0.3 is 5.11 Å². The first kappa shape index (κ1) is 14.9. The van der Waals surface area contributed by atoms with Crippen LogP contribution < -0.4 is 0 Å². The molecule has 0 heterocycles. The Hall–Kier alpha value is -3.07. The van der Waals surface area contributed by atoms with Gasteiger partial charge in [-0.2, -0.15) is 0 Å². The minimum Gasteiger partial charge on any atom is -0.384 e. The van der Waals surface area contributed by atoms with Crippen LogP contribution in [0.25, 0.3) is 21.6 Å². The number of azide groups is 1. The molecule has 1 unspecified atom stereocenters. The molecule has 0 fully saturated rings. The molecule has 1 atom stereocenters. The molecule has 4 heteroatoms. The third-order valence-electron chi connectivity index (χ3n) is 3.70. The Balaban J connectivity index is 1.83.